The third-order valence-corrected chi connectivity index (χ3v) is 7.16. The molecule has 2 aliphatic rings. The Morgan fingerprint density at radius 1 is 1.09 bits per heavy atom. The van der Waals surface area contributed by atoms with Crippen LogP contribution in [0.4, 0.5) is 29.3 Å². The summed E-state index contributed by atoms with van der Waals surface area (Å²) in [7, 11) is 0. The highest BCUT2D eigenvalue weighted by Gasteiger charge is 2.64. The SMILES string of the molecule is CC[C@H](CN1C=NI=N1)Nc1nc(NC2(C(F)(F)F)CC2)c2nc(-c3ccc(F)cc3)ccc2n1. The van der Waals surface area contributed by atoms with E-state index in [-0.39, 0.29) is 36.2 Å². The zero-order chi connectivity index (χ0) is 24.6. The molecule has 1 fully saturated rings. The first-order valence-electron chi connectivity index (χ1n) is 11.0. The van der Waals surface area contributed by atoms with Gasteiger partial charge in [-0.3, -0.25) is 0 Å². The third kappa shape index (κ3) is 5.04. The summed E-state index contributed by atoms with van der Waals surface area (Å²) in [5.41, 5.74) is -0.318. The molecule has 3 aromatic rings. The molecular weight excluding hydrogens is 579 g/mol. The van der Waals surface area contributed by atoms with E-state index in [0.29, 0.717) is 23.3 Å². The topological polar surface area (TPSA) is 90.7 Å². The molecule has 5 rings (SSSR count). The molecule has 35 heavy (non-hydrogen) atoms. The van der Waals surface area contributed by atoms with Crippen molar-refractivity contribution in [2.75, 3.05) is 17.2 Å². The number of hydrogen-bond acceptors (Lipinski definition) is 8. The number of hydrogen-bond donors (Lipinski definition) is 2. The van der Waals surface area contributed by atoms with Crippen LogP contribution in [0.25, 0.3) is 22.3 Å². The number of rotatable bonds is 8. The van der Waals surface area contributed by atoms with Crippen LogP contribution < -0.4 is 10.6 Å². The van der Waals surface area contributed by atoms with Gasteiger partial charge in [0, 0.05) is 11.6 Å². The molecule has 1 saturated carbocycles. The van der Waals surface area contributed by atoms with Crippen molar-refractivity contribution in [1.29, 1.82) is 0 Å². The summed E-state index contributed by atoms with van der Waals surface area (Å²) in [5.74, 6) is -0.187. The Kier molecular flexibility index (Phi) is 6.27. The maximum atomic E-state index is 13.8. The number of halogens is 5. The van der Waals surface area contributed by atoms with Crippen molar-refractivity contribution in [3.05, 3.63) is 42.2 Å². The van der Waals surface area contributed by atoms with E-state index in [9.17, 15) is 17.6 Å². The van der Waals surface area contributed by atoms with Crippen LogP contribution in [0.5, 0.6) is 0 Å². The van der Waals surface area contributed by atoms with Crippen LogP contribution in [0.15, 0.2) is 42.9 Å². The number of anilines is 2. The van der Waals surface area contributed by atoms with Crippen molar-refractivity contribution in [2.24, 2.45) is 6.46 Å². The second kappa shape index (κ2) is 9.24. The predicted octanol–water partition coefficient (Wildman–Crippen LogP) is 5.86. The second-order valence-electron chi connectivity index (χ2n) is 8.41. The van der Waals surface area contributed by atoms with E-state index >= 15 is 0 Å². The monoisotopic (exact) mass is 600 g/mol. The maximum absolute atomic E-state index is 13.8. The highest BCUT2D eigenvalue weighted by molar-refractivity contribution is 14.1. The minimum Gasteiger partial charge on any atom is -0.354 e. The lowest BCUT2D eigenvalue weighted by atomic mass is 10.1. The second-order valence-corrected chi connectivity index (χ2v) is 9.83. The van der Waals surface area contributed by atoms with Gasteiger partial charge in [0.25, 0.3) is 0 Å². The Labute approximate surface area is 208 Å². The van der Waals surface area contributed by atoms with Gasteiger partial charge in [-0.05, 0) is 55.7 Å². The van der Waals surface area contributed by atoms with Gasteiger partial charge in [0.2, 0.25) is 5.95 Å². The van der Waals surface area contributed by atoms with Crippen LogP contribution in [-0.2, 0) is 0 Å². The lowest BCUT2D eigenvalue weighted by Crippen LogP contribution is -2.39. The Balaban J connectivity index is 1.52. The quantitative estimate of drug-likeness (QED) is 0.249. The molecular formula is C22H21F4IN8. The van der Waals surface area contributed by atoms with Gasteiger partial charge in [-0.2, -0.15) is 21.4 Å². The summed E-state index contributed by atoms with van der Waals surface area (Å²) >= 11 is -0.555. The molecule has 0 bridgehead atoms. The molecule has 2 aromatic heterocycles. The Hall–Kier alpha value is -2.97. The van der Waals surface area contributed by atoms with Crippen LogP contribution in [0, 0.1) is 5.82 Å². The summed E-state index contributed by atoms with van der Waals surface area (Å²) in [5, 5.41) is 7.60. The van der Waals surface area contributed by atoms with Gasteiger partial charge >= 0.3 is 6.18 Å². The van der Waals surface area contributed by atoms with Crippen LogP contribution in [-0.4, -0.2) is 50.6 Å². The smallest absolute Gasteiger partial charge is 0.354 e. The van der Waals surface area contributed by atoms with Crippen LogP contribution in [0.3, 0.4) is 0 Å². The average molecular weight is 600 g/mol. The van der Waals surface area contributed by atoms with Gasteiger partial charge in [0.15, 0.2) is 27.1 Å². The number of nitrogens with one attached hydrogen (secondary N) is 2. The number of pyridine rings is 1. The minimum absolute atomic E-state index is 0.00410. The van der Waals surface area contributed by atoms with E-state index in [2.05, 4.69) is 32.0 Å². The number of aromatic nitrogens is 3. The third-order valence-electron chi connectivity index (χ3n) is 5.92. The fourth-order valence-corrected chi connectivity index (χ4v) is 4.74. The number of benzene rings is 1. The van der Waals surface area contributed by atoms with Gasteiger partial charge in [0.1, 0.15) is 23.2 Å². The van der Waals surface area contributed by atoms with Crippen molar-refractivity contribution in [3.63, 3.8) is 0 Å². The van der Waals surface area contributed by atoms with Crippen molar-refractivity contribution in [1.82, 2.24) is 20.0 Å². The molecule has 1 atom stereocenters. The molecule has 0 radical (unpaired) electrons. The summed E-state index contributed by atoms with van der Waals surface area (Å²) < 4.78 is 63.1. The summed E-state index contributed by atoms with van der Waals surface area (Å²) in [4.78, 5) is 13.5. The van der Waals surface area contributed by atoms with Gasteiger partial charge in [-0.1, -0.05) is 6.92 Å². The van der Waals surface area contributed by atoms with Crippen molar-refractivity contribution < 1.29 is 17.6 Å². The molecule has 2 N–H and O–H groups in total. The summed E-state index contributed by atoms with van der Waals surface area (Å²) in [6.07, 6.45) is -2.11. The first-order valence-corrected chi connectivity index (χ1v) is 12.9. The van der Waals surface area contributed by atoms with E-state index < -0.39 is 38.8 Å². The molecule has 1 aliphatic carbocycles. The fourth-order valence-electron chi connectivity index (χ4n) is 3.69. The summed E-state index contributed by atoms with van der Waals surface area (Å²) in [6, 6.07) is 9.02. The fraction of sp³-hybridized carbons (Fsp3) is 0.364. The van der Waals surface area contributed by atoms with Gasteiger partial charge in [-0.25, -0.2) is 19.4 Å². The first kappa shape index (κ1) is 23.8. The molecule has 0 spiro atoms. The predicted molar refractivity (Wildman–Crippen MR) is 134 cm³/mol. The van der Waals surface area contributed by atoms with Gasteiger partial charge in [0.05, 0.1) is 17.8 Å². The van der Waals surface area contributed by atoms with Crippen molar-refractivity contribution in [2.45, 2.75) is 43.9 Å². The lowest BCUT2D eigenvalue weighted by Gasteiger charge is -2.23. The molecule has 0 unspecified atom stereocenters. The number of fused-ring (bicyclic) bond motifs is 1. The largest absolute Gasteiger partial charge is 0.411 e. The van der Waals surface area contributed by atoms with Crippen LogP contribution >= 0.6 is 21.3 Å². The first-order chi connectivity index (χ1) is 16.8. The summed E-state index contributed by atoms with van der Waals surface area (Å²) in [6.45, 7) is 2.53. The van der Waals surface area contributed by atoms with Gasteiger partial charge < -0.3 is 10.6 Å². The van der Waals surface area contributed by atoms with Crippen LogP contribution in [0.1, 0.15) is 26.2 Å². The van der Waals surface area contributed by atoms with E-state index in [1.54, 1.807) is 35.6 Å². The average Bonchev–Trinajstić information content (AvgIpc) is 3.45. The zero-order valence-electron chi connectivity index (χ0n) is 18.5. The van der Waals surface area contributed by atoms with E-state index in [0.717, 1.165) is 6.42 Å². The van der Waals surface area contributed by atoms with Crippen molar-refractivity contribution >= 4 is 50.4 Å². The number of nitrogens with zero attached hydrogens (tertiary/aromatic N) is 6. The molecule has 0 saturated heterocycles. The lowest BCUT2D eigenvalue weighted by molar-refractivity contribution is -0.151. The minimum atomic E-state index is -4.43. The van der Waals surface area contributed by atoms with Crippen LogP contribution in [0.2, 0.25) is 0 Å². The molecule has 184 valence electrons. The van der Waals surface area contributed by atoms with Crippen molar-refractivity contribution in [3.8, 4) is 11.3 Å². The molecule has 1 aliphatic heterocycles. The Bertz CT molecular complexity index is 1280. The standard InChI is InChI=1S/C22H21F4IN8/c1-2-15(11-35-12-28-27-34-35)29-20-31-17-8-7-16(13-3-5-14(23)6-4-13)30-18(17)19(32-20)33-21(9-10-21)22(24,25)26/h3-8,12,15H,2,9-11H2,1H3,(H2,29,31,32,33)/t15-/m1/s1. The molecule has 3 heterocycles. The molecule has 0 amide bonds. The molecule has 13 heteroatoms. The zero-order valence-corrected chi connectivity index (χ0v) is 20.7. The van der Waals surface area contributed by atoms with Gasteiger partial charge in [-0.15, -0.1) is 3.25 Å². The van der Waals surface area contributed by atoms with E-state index in [1.807, 2.05) is 6.92 Å². The Morgan fingerprint density at radius 3 is 2.49 bits per heavy atom. The number of alkyl halides is 3. The highest BCUT2D eigenvalue weighted by Crippen LogP contribution is 2.51. The highest BCUT2D eigenvalue weighted by atomic mass is 127. The van der Waals surface area contributed by atoms with E-state index in [1.165, 1.54) is 12.1 Å². The molecule has 1 aromatic carbocycles. The van der Waals surface area contributed by atoms with E-state index in [4.69, 9.17) is 0 Å². The molecule has 8 nitrogen and oxygen atoms in total. The maximum Gasteiger partial charge on any atom is 0.411 e. The normalized spacial score (nSPS) is 17.3. The Morgan fingerprint density at radius 2 is 1.86 bits per heavy atom.